The largest absolute Gasteiger partial charge is 0.340 e. The summed E-state index contributed by atoms with van der Waals surface area (Å²) < 4.78 is 0. The van der Waals surface area contributed by atoms with E-state index in [4.69, 9.17) is 0 Å². The number of hydrogen-bond acceptors (Lipinski definition) is 2. The van der Waals surface area contributed by atoms with E-state index in [0.29, 0.717) is 6.42 Å². The zero-order valence-corrected chi connectivity index (χ0v) is 15.4. The molecule has 0 aromatic heterocycles. The van der Waals surface area contributed by atoms with Crippen molar-refractivity contribution in [2.24, 2.45) is 0 Å². The van der Waals surface area contributed by atoms with E-state index in [1.165, 1.54) is 22.3 Å². The molecule has 0 radical (unpaired) electrons. The first-order valence-electron chi connectivity index (χ1n) is 9.22. The second-order valence-electron chi connectivity index (χ2n) is 7.07. The van der Waals surface area contributed by atoms with Crippen molar-refractivity contribution in [3.63, 3.8) is 0 Å². The standard InChI is InChI=1S/C22H28N2O/c1-18-6-5-8-20(16-18)10-11-22(25)24-14-12-23(13-15-24)17-21-9-4-3-7-19(21)2/h3-9,16H,10-15,17H2,1-2H3. The maximum absolute atomic E-state index is 12.5. The van der Waals surface area contributed by atoms with Gasteiger partial charge in [0, 0.05) is 39.1 Å². The summed E-state index contributed by atoms with van der Waals surface area (Å²) in [6.45, 7) is 8.86. The predicted molar refractivity (Wildman–Crippen MR) is 103 cm³/mol. The molecule has 0 spiro atoms. The summed E-state index contributed by atoms with van der Waals surface area (Å²) in [4.78, 5) is 17.0. The molecule has 3 rings (SSSR count). The SMILES string of the molecule is Cc1cccc(CCC(=O)N2CCN(Cc3ccccc3C)CC2)c1. The van der Waals surface area contributed by atoms with E-state index in [2.05, 4.69) is 67.3 Å². The van der Waals surface area contributed by atoms with Crippen LogP contribution in [0.5, 0.6) is 0 Å². The summed E-state index contributed by atoms with van der Waals surface area (Å²) >= 11 is 0. The van der Waals surface area contributed by atoms with Crippen LogP contribution in [-0.2, 0) is 17.8 Å². The van der Waals surface area contributed by atoms with Gasteiger partial charge in [0.05, 0.1) is 0 Å². The van der Waals surface area contributed by atoms with Crippen LogP contribution >= 0.6 is 0 Å². The Kier molecular flexibility index (Phi) is 5.87. The van der Waals surface area contributed by atoms with Crippen molar-refractivity contribution >= 4 is 5.91 Å². The van der Waals surface area contributed by atoms with Gasteiger partial charge in [-0.2, -0.15) is 0 Å². The van der Waals surface area contributed by atoms with E-state index >= 15 is 0 Å². The van der Waals surface area contributed by atoms with Gasteiger partial charge in [-0.1, -0.05) is 54.1 Å². The molecule has 3 heteroatoms. The summed E-state index contributed by atoms with van der Waals surface area (Å²) in [5, 5.41) is 0. The molecule has 1 fully saturated rings. The third-order valence-electron chi connectivity index (χ3n) is 5.09. The fraction of sp³-hybridized carbons (Fsp3) is 0.409. The molecule has 1 heterocycles. The zero-order valence-electron chi connectivity index (χ0n) is 15.4. The van der Waals surface area contributed by atoms with Crippen LogP contribution in [0.3, 0.4) is 0 Å². The van der Waals surface area contributed by atoms with Gasteiger partial charge in [-0.25, -0.2) is 0 Å². The maximum atomic E-state index is 12.5. The van der Waals surface area contributed by atoms with Gasteiger partial charge in [0.25, 0.3) is 0 Å². The Bertz CT molecular complexity index is 717. The number of carbonyl (C=O) groups excluding carboxylic acids is 1. The lowest BCUT2D eigenvalue weighted by molar-refractivity contribution is -0.133. The molecule has 2 aromatic rings. The van der Waals surface area contributed by atoms with Gasteiger partial charge in [-0.05, 0) is 37.0 Å². The topological polar surface area (TPSA) is 23.6 Å². The van der Waals surface area contributed by atoms with Crippen molar-refractivity contribution in [1.29, 1.82) is 0 Å². The molecule has 0 N–H and O–H groups in total. The molecular formula is C22H28N2O. The van der Waals surface area contributed by atoms with Crippen LogP contribution in [0.2, 0.25) is 0 Å². The van der Waals surface area contributed by atoms with Crippen molar-refractivity contribution in [2.45, 2.75) is 33.2 Å². The average Bonchev–Trinajstić information content (AvgIpc) is 2.62. The monoisotopic (exact) mass is 336 g/mol. The third kappa shape index (κ3) is 4.93. The maximum Gasteiger partial charge on any atom is 0.222 e. The van der Waals surface area contributed by atoms with Gasteiger partial charge in [-0.3, -0.25) is 9.69 Å². The summed E-state index contributed by atoms with van der Waals surface area (Å²) in [5.74, 6) is 0.289. The minimum atomic E-state index is 0.289. The summed E-state index contributed by atoms with van der Waals surface area (Å²) in [6, 6.07) is 17.0. The fourth-order valence-electron chi connectivity index (χ4n) is 3.46. The number of rotatable bonds is 5. The van der Waals surface area contributed by atoms with Crippen LogP contribution in [0.25, 0.3) is 0 Å². The van der Waals surface area contributed by atoms with Crippen molar-refractivity contribution < 1.29 is 4.79 Å². The van der Waals surface area contributed by atoms with E-state index in [1.807, 2.05) is 4.90 Å². The smallest absolute Gasteiger partial charge is 0.222 e. The number of hydrogen-bond donors (Lipinski definition) is 0. The van der Waals surface area contributed by atoms with E-state index in [1.54, 1.807) is 0 Å². The van der Waals surface area contributed by atoms with Gasteiger partial charge in [0.2, 0.25) is 5.91 Å². The molecular weight excluding hydrogens is 308 g/mol. The van der Waals surface area contributed by atoms with Crippen molar-refractivity contribution in [3.8, 4) is 0 Å². The quantitative estimate of drug-likeness (QED) is 0.833. The molecule has 1 saturated heterocycles. The van der Waals surface area contributed by atoms with Gasteiger partial charge in [0.1, 0.15) is 0 Å². The first-order valence-corrected chi connectivity index (χ1v) is 9.22. The number of carbonyl (C=O) groups is 1. The molecule has 25 heavy (non-hydrogen) atoms. The predicted octanol–water partition coefficient (Wildman–Crippen LogP) is 3.58. The molecule has 2 aromatic carbocycles. The van der Waals surface area contributed by atoms with Crippen LogP contribution in [0, 0.1) is 13.8 Å². The van der Waals surface area contributed by atoms with Crippen LogP contribution in [0.1, 0.15) is 28.7 Å². The molecule has 3 nitrogen and oxygen atoms in total. The second kappa shape index (κ2) is 8.30. The van der Waals surface area contributed by atoms with Gasteiger partial charge in [-0.15, -0.1) is 0 Å². The van der Waals surface area contributed by atoms with E-state index < -0.39 is 0 Å². The van der Waals surface area contributed by atoms with E-state index in [9.17, 15) is 4.79 Å². The highest BCUT2D eigenvalue weighted by molar-refractivity contribution is 5.76. The first kappa shape index (κ1) is 17.7. The van der Waals surface area contributed by atoms with Gasteiger partial charge >= 0.3 is 0 Å². The summed E-state index contributed by atoms with van der Waals surface area (Å²) in [7, 11) is 0. The molecule has 0 aliphatic carbocycles. The highest BCUT2D eigenvalue weighted by atomic mass is 16.2. The highest BCUT2D eigenvalue weighted by Crippen LogP contribution is 2.14. The molecule has 1 aliphatic rings. The van der Waals surface area contributed by atoms with E-state index in [0.717, 1.165) is 39.1 Å². The normalized spacial score (nSPS) is 15.4. The lowest BCUT2D eigenvalue weighted by Crippen LogP contribution is -2.48. The van der Waals surface area contributed by atoms with Crippen LogP contribution in [0.15, 0.2) is 48.5 Å². The Labute approximate surface area is 151 Å². The molecule has 0 bridgehead atoms. The Balaban J connectivity index is 1.45. The number of nitrogens with zero attached hydrogens (tertiary/aromatic N) is 2. The van der Waals surface area contributed by atoms with Crippen LogP contribution < -0.4 is 0 Å². The molecule has 0 saturated carbocycles. The Hall–Kier alpha value is -2.13. The number of aryl methyl sites for hydroxylation is 3. The lowest BCUT2D eigenvalue weighted by Gasteiger charge is -2.35. The number of amides is 1. The molecule has 132 valence electrons. The zero-order chi connectivity index (χ0) is 17.6. The minimum Gasteiger partial charge on any atom is -0.340 e. The van der Waals surface area contributed by atoms with Crippen LogP contribution in [-0.4, -0.2) is 41.9 Å². The molecule has 0 unspecified atom stereocenters. The summed E-state index contributed by atoms with van der Waals surface area (Å²) in [5.41, 5.74) is 5.25. The lowest BCUT2D eigenvalue weighted by atomic mass is 10.1. The number of piperazine rings is 1. The number of benzene rings is 2. The molecule has 0 atom stereocenters. The van der Waals surface area contributed by atoms with Crippen LogP contribution in [0.4, 0.5) is 0 Å². The van der Waals surface area contributed by atoms with Crippen molar-refractivity contribution in [1.82, 2.24) is 9.80 Å². The third-order valence-corrected chi connectivity index (χ3v) is 5.09. The summed E-state index contributed by atoms with van der Waals surface area (Å²) in [6.07, 6.45) is 1.45. The van der Waals surface area contributed by atoms with Gasteiger partial charge < -0.3 is 4.90 Å². The van der Waals surface area contributed by atoms with E-state index in [-0.39, 0.29) is 5.91 Å². The van der Waals surface area contributed by atoms with Crippen molar-refractivity contribution in [3.05, 3.63) is 70.8 Å². The Morgan fingerprint density at radius 1 is 0.960 bits per heavy atom. The molecule has 1 amide bonds. The van der Waals surface area contributed by atoms with Crippen molar-refractivity contribution in [2.75, 3.05) is 26.2 Å². The first-order chi connectivity index (χ1) is 12.1. The average molecular weight is 336 g/mol. The fourth-order valence-corrected chi connectivity index (χ4v) is 3.46. The second-order valence-corrected chi connectivity index (χ2v) is 7.07. The molecule has 1 aliphatic heterocycles. The van der Waals surface area contributed by atoms with Gasteiger partial charge in [0.15, 0.2) is 0 Å². The highest BCUT2D eigenvalue weighted by Gasteiger charge is 2.21. The minimum absolute atomic E-state index is 0.289. The Morgan fingerprint density at radius 3 is 2.44 bits per heavy atom. The Morgan fingerprint density at radius 2 is 1.72 bits per heavy atom.